The number of carboxylic acids is 1. The Morgan fingerprint density at radius 1 is 1.32 bits per heavy atom. The molecule has 0 bridgehead atoms. The van der Waals surface area contributed by atoms with E-state index in [0.29, 0.717) is 17.9 Å². The number of nitriles is 1. The van der Waals surface area contributed by atoms with E-state index in [4.69, 9.17) is 10.00 Å². The number of alkyl halides is 1. The number of rotatable bonds is 4. The average Bonchev–Trinajstić information content (AvgIpc) is 3.01. The highest BCUT2D eigenvalue weighted by atomic mass is 19.1. The quantitative estimate of drug-likeness (QED) is 0.907. The molecule has 1 aliphatic heterocycles. The standard InChI is InChI=1S/C19H23FN2O3/c1-25-16-8-4-14(5-9-16)17-11-22(12-19(17,20)18(23)24)15-6-2-13(10-21)3-7-15/h4-5,8-9,13,15,17H,2-3,6-7,11-12H2,1H3,(H,23,24)/t13?,15?,17-,19-/m0/s1. The maximum atomic E-state index is 15.4. The maximum absolute atomic E-state index is 15.4. The van der Waals surface area contributed by atoms with E-state index in [-0.39, 0.29) is 18.5 Å². The fourth-order valence-electron chi connectivity index (χ4n) is 4.12. The van der Waals surface area contributed by atoms with E-state index in [9.17, 15) is 9.90 Å². The molecule has 1 saturated carbocycles. The zero-order chi connectivity index (χ0) is 18.0. The van der Waals surface area contributed by atoms with Crippen molar-refractivity contribution in [2.24, 2.45) is 5.92 Å². The molecule has 2 fully saturated rings. The summed E-state index contributed by atoms with van der Waals surface area (Å²) < 4.78 is 20.5. The molecule has 0 radical (unpaired) electrons. The summed E-state index contributed by atoms with van der Waals surface area (Å²) in [5.74, 6) is -1.37. The summed E-state index contributed by atoms with van der Waals surface area (Å²) in [5, 5.41) is 18.6. The summed E-state index contributed by atoms with van der Waals surface area (Å²) in [7, 11) is 1.56. The van der Waals surface area contributed by atoms with Gasteiger partial charge < -0.3 is 9.84 Å². The highest BCUT2D eigenvalue weighted by Gasteiger charge is 2.55. The lowest BCUT2D eigenvalue weighted by molar-refractivity contribution is -0.151. The molecule has 2 atom stereocenters. The van der Waals surface area contributed by atoms with Gasteiger partial charge in [-0.15, -0.1) is 0 Å². The minimum Gasteiger partial charge on any atom is -0.497 e. The normalized spacial score (nSPS) is 32.9. The molecular weight excluding hydrogens is 323 g/mol. The van der Waals surface area contributed by atoms with E-state index in [1.54, 1.807) is 31.4 Å². The monoisotopic (exact) mass is 346 g/mol. The fraction of sp³-hybridized carbons (Fsp3) is 0.579. The number of benzene rings is 1. The van der Waals surface area contributed by atoms with Gasteiger partial charge in [-0.2, -0.15) is 5.26 Å². The van der Waals surface area contributed by atoms with Gasteiger partial charge in [0.2, 0.25) is 5.67 Å². The zero-order valence-electron chi connectivity index (χ0n) is 14.3. The fourth-order valence-corrected chi connectivity index (χ4v) is 4.12. The minimum absolute atomic E-state index is 0.0749. The van der Waals surface area contributed by atoms with Crippen LogP contribution >= 0.6 is 0 Å². The second-order valence-electron chi connectivity index (χ2n) is 7.06. The van der Waals surface area contributed by atoms with Gasteiger partial charge in [0.15, 0.2) is 0 Å². The second-order valence-corrected chi connectivity index (χ2v) is 7.06. The summed E-state index contributed by atoms with van der Waals surface area (Å²) in [4.78, 5) is 13.7. The highest BCUT2D eigenvalue weighted by molar-refractivity contribution is 5.80. The number of ether oxygens (including phenoxy) is 1. The van der Waals surface area contributed by atoms with Crippen molar-refractivity contribution < 1.29 is 19.0 Å². The van der Waals surface area contributed by atoms with Gasteiger partial charge in [-0.1, -0.05) is 12.1 Å². The van der Waals surface area contributed by atoms with Crippen LogP contribution in [0.3, 0.4) is 0 Å². The number of hydrogen-bond donors (Lipinski definition) is 1. The molecule has 2 aliphatic rings. The van der Waals surface area contributed by atoms with E-state index in [1.807, 2.05) is 4.90 Å². The Morgan fingerprint density at radius 2 is 1.96 bits per heavy atom. The van der Waals surface area contributed by atoms with Gasteiger partial charge in [0.25, 0.3) is 0 Å². The lowest BCUT2D eigenvalue weighted by atomic mass is 9.86. The van der Waals surface area contributed by atoms with Crippen LogP contribution in [0.5, 0.6) is 5.75 Å². The third kappa shape index (κ3) is 3.34. The van der Waals surface area contributed by atoms with Gasteiger partial charge in [0.1, 0.15) is 5.75 Å². The van der Waals surface area contributed by atoms with Crippen LogP contribution in [0.2, 0.25) is 0 Å². The molecule has 6 heteroatoms. The molecule has 1 heterocycles. The first kappa shape index (κ1) is 17.7. The zero-order valence-corrected chi connectivity index (χ0v) is 14.3. The number of aliphatic carboxylic acids is 1. The number of hydrogen-bond acceptors (Lipinski definition) is 4. The van der Waals surface area contributed by atoms with Crippen molar-refractivity contribution in [2.75, 3.05) is 20.2 Å². The van der Waals surface area contributed by atoms with Gasteiger partial charge >= 0.3 is 5.97 Å². The molecule has 134 valence electrons. The molecular formula is C19H23FN2O3. The number of likely N-dealkylation sites (tertiary alicyclic amines) is 1. The summed E-state index contributed by atoms with van der Waals surface area (Å²) in [6, 6.07) is 9.41. The molecule has 1 aromatic rings. The van der Waals surface area contributed by atoms with Crippen molar-refractivity contribution in [3.05, 3.63) is 29.8 Å². The summed E-state index contributed by atoms with van der Waals surface area (Å²) in [6.45, 7) is 0.290. The number of carbonyl (C=O) groups is 1. The molecule has 5 nitrogen and oxygen atoms in total. The van der Waals surface area contributed by atoms with E-state index in [1.165, 1.54) is 0 Å². The van der Waals surface area contributed by atoms with Crippen molar-refractivity contribution in [3.8, 4) is 11.8 Å². The lowest BCUT2D eigenvalue weighted by Crippen LogP contribution is -2.43. The van der Waals surface area contributed by atoms with Crippen LogP contribution in [0.4, 0.5) is 4.39 Å². The highest BCUT2D eigenvalue weighted by Crippen LogP contribution is 2.42. The van der Waals surface area contributed by atoms with Crippen molar-refractivity contribution in [2.45, 2.75) is 43.3 Å². The van der Waals surface area contributed by atoms with Crippen LogP contribution in [0.25, 0.3) is 0 Å². The lowest BCUT2D eigenvalue weighted by Gasteiger charge is -2.32. The van der Waals surface area contributed by atoms with Crippen molar-refractivity contribution in [3.63, 3.8) is 0 Å². The largest absolute Gasteiger partial charge is 0.497 e. The topological polar surface area (TPSA) is 73.6 Å². The molecule has 1 saturated heterocycles. The number of carboxylic acid groups (broad SMARTS) is 1. The van der Waals surface area contributed by atoms with Gasteiger partial charge in [-0.3, -0.25) is 4.90 Å². The Hall–Kier alpha value is -2.13. The van der Waals surface area contributed by atoms with E-state index < -0.39 is 17.6 Å². The van der Waals surface area contributed by atoms with Gasteiger partial charge in [-0.25, -0.2) is 9.18 Å². The summed E-state index contributed by atoms with van der Waals surface area (Å²) in [5.41, 5.74) is -1.61. The predicted molar refractivity (Wildman–Crippen MR) is 90.1 cm³/mol. The molecule has 1 aromatic carbocycles. The smallest absolute Gasteiger partial charge is 0.343 e. The first-order valence-electron chi connectivity index (χ1n) is 8.68. The van der Waals surface area contributed by atoms with Gasteiger partial charge in [0, 0.05) is 31.0 Å². The van der Waals surface area contributed by atoms with E-state index >= 15 is 4.39 Å². The van der Waals surface area contributed by atoms with Crippen LogP contribution in [-0.4, -0.2) is 47.9 Å². The van der Waals surface area contributed by atoms with E-state index in [0.717, 1.165) is 25.7 Å². The molecule has 0 aromatic heterocycles. The molecule has 0 amide bonds. The Labute approximate surface area is 147 Å². The SMILES string of the molecule is COc1ccc([C@@H]2CN(C3CCC(C#N)CC3)C[C@@]2(F)C(=O)O)cc1. The average molecular weight is 346 g/mol. The number of methoxy groups -OCH3 is 1. The number of nitrogens with zero attached hydrogens (tertiary/aromatic N) is 2. The third-order valence-electron chi connectivity index (χ3n) is 5.67. The predicted octanol–water partition coefficient (Wildman–Crippen LogP) is 2.97. The number of halogens is 1. The van der Waals surface area contributed by atoms with E-state index in [2.05, 4.69) is 6.07 Å². The minimum atomic E-state index is -2.29. The Balaban J connectivity index is 1.79. The molecule has 3 rings (SSSR count). The van der Waals surface area contributed by atoms with Gasteiger partial charge in [0.05, 0.1) is 13.2 Å². The van der Waals surface area contributed by atoms with Crippen LogP contribution in [0.15, 0.2) is 24.3 Å². The second kappa shape index (κ2) is 7.01. The third-order valence-corrected chi connectivity index (χ3v) is 5.67. The van der Waals surface area contributed by atoms with Crippen LogP contribution in [-0.2, 0) is 4.79 Å². The molecule has 1 N–H and O–H groups in total. The van der Waals surface area contributed by atoms with Crippen molar-refractivity contribution >= 4 is 5.97 Å². The van der Waals surface area contributed by atoms with Crippen LogP contribution in [0, 0.1) is 17.2 Å². The van der Waals surface area contributed by atoms with Crippen molar-refractivity contribution in [1.29, 1.82) is 5.26 Å². The molecule has 0 unspecified atom stereocenters. The Bertz CT molecular complexity index is 664. The summed E-state index contributed by atoms with van der Waals surface area (Å²) >= 11 is 0. The first-order chi connectivity index (χ1) is 12.0. The molecule has 25 heavy (non-hydrogen) atoms. The van der Waals surface area contributed by atoms with Crippen molar-refractivity contribution in [1.82, 2.24) is 4.90 Å². The Kier molecular flexibility index (Phi) is 4.96. The first-order valence-corrected chi connectivity index (χ1v) is 8.68. The maximum Gasteiger partial charge on any atom is 0.343 e. The van der Waals surface area contributed by atoms with Gasteiger partial charge in [-0.05, 0) is 43.4 Å². The Morgan fingerprint density at radius 3 is 2.48 bits per heavy atom. The van der Waals surface area contributed by atoms with Crippen LogP contribution < -0.4 is 4.74 Å². The molecule has 0 spiro atoms. The van der Waals surface area contributed by atoms with Crippen LogP contribution in [0.1, 0.15) is 37.2 Å². The molecule has 1 aliphatic carbocycles. The summed E-state index contributed by atoms with van der Waals surface area (Å²) in [6.07, 6.45) is 3.25.